The Balaban J connectivity index is 3.21. The molecule has 1 rings (SSSR count). The molecule has 0 aromatic heterocycles. The molecular weight excluding hydrogens is 394 g/mol. The summed E-state index contributed by atoms with van der Waals surface area (Å²) in [7, 11) is 0. The molecule has 0 saturated carbocycles. The number of quaternary nitrogens is 2. The van der Waals surface area contributed by atoms with Crippen molar-refractivity contribution >= 4 is 23.1 Å². The second-order valence-electron chi connectivity index (χ2n) is 5.20. The van der Waals surface area contributed by atoms with Gasteiger partial charge in [0.25, 0.3) is 0 Å². The maximum absolute atomic E-state index is 13.0. The summed E-state index contributed by atoms with van der Waals surface area (Å²) in [5, 5.41) is 38.8. The zero-order valence-corrected chi connectivity index (χ0v) is 13.3. The fourth-order valence-corrected chi connectivity index (χ4v) is 2.10. The number of hydrogen-bond donors (Lipinski definition) is 6. The van der Waals surface area contributed by atoms with Crippen LogP contribution in [-0.2, 0) is 0 Å². The molecule has 0 radical (unpaired) electrons. The van der Waals surface area contributed by atoms with E-state index in [0.29, 0.717) is 13.0 Å². The Hall–Kier alpha value is -2.17. The van der Waals surface area contributed by atoms with Crippen molar-refractivity contribution in [3.63, 3.8) is 0 Å². The number of carbonyl (C=O) groups is 1. The van der Waals surface area contributed by atoms with Crippen LogP contribution in [0.25, 0.3) is 0 Å². The largest absolute Gasteiger partial charge is 0.595 e. The maximum atomic E-state index is 13.0. The van der Waals surface area contributed by atoms with E-state index in [9.17, 15) is 41.6 Å². The number of alkyl halides is 6. The highest BCUT2D eigenvalue weighted by Crippen LogP contribution is 2.45. The van der Waals surface area contributed by atoms with Gasteiger partial charge in [-0.25, -0.2) is 15.2 Å². The molecule has 1 aromatic carbocycles. The minimum Gasteiger partial charge on any atom is -0.595 e. The number of hydrogen-bond acceptors (Lipinski definition) is 5. The summed E-state index contributed by atoms with van der Waals surface area (Å²) >= 11 is 0. The lowest BCUT2D eigenvalue weighted by atomic mass is 9.94. The van der Waals surface area contributed by atoms with Crippen LogP contribution in [-0.4, -0.2) is 34.3 Å². The molecule has 0 bridgehead atoms. The third-order valence-electron chi connectivity index (χ3n) is 3.57. The van der Waals surface area contributed by atoms with Gasteiger partial charge in [-0.15, -0.1) is 0 Å². The van der Waals surface area contributed by atoms with Gasteiger partial charge in [-0.1, -0.05) is 6.92 Å². The number of amides is 2. The number of benzene rings is 1. The van der Waals surface area contributed by atoms with E-state index in [1.165, 1.54) is 0 Å². The van der Waals surface area contributed by atoms with Gasteiger partial charge in [-0.3, -0.25) is 0 Å². The minimum atomic E-state index is -5.89. The van der Waals surface area contributed by atoms with E-state index >= 15 is 0 Å². The first-order chi connectivity index (χ1) is 12.2. The van der Waals surface area contributed by atoms with Crippen LogP contribution in [0.4, 0.5) is 48.2 Å². The van der Waals surface area contributed by atoms with E-state index in [1.807, 2.05) is 0 Å². The minimum absolute atomic E-state index is 0.521. The molecule has 0 aliphatic rings. The molecule has 6 N–H and O–H groups in total. The predicted octanol–water partition coefficient (Wildman–Crippen LogP) is 0.888. The summed E-state index contributed by atoms with van der Waals surface area (Å²) in [6.45, 7) is 0.561. The Kier molecular flexibility index (Phi) is 6.63. The summed E-state index contributed by atoms with van der Waals surface area (Å²) in [5.41, 5.74) is -6.62. The second kappa shape index (κ2) is 7.83. The average Bonchev–Trinajstić information content (AvgIpc) is 2.49. The van der Waals surface area contributed by atoms with E-state index in [-0.39, 0.29) is 0 Å². The topological polar surface area (TPSA) is 137 Å². The van der Waals surface area contributed by atoms with Gasteiger partial charge >= 0.3 is 18.4 Å². The molecule has 154 valence electrons. The van der Waals surface area contributed by atoms with Gasteiger partial charge in [0.05, 0.1) is 6.07 Å². The third-order valence-corrected chi connectivity index (χ3v) is 3.57. The molecule has 2 amide bonds. The molecule has 2 unspecified atom stereocenters. The molecule has 0 heterocycles. The van der Waals surface area contributed by atoms with Gasteiger partial charge in [0.15, 0.2) is 11.4 Å². The number of carbonyl (C=O) groups excluding carboxylic acids is 1. The summed E-state index contributed by atoms with van der Waals surface area (Å²) in [6.07, 6.45) is -13.3. The fraction of sp³-hybridized carbons (Fsp3) is 0.417. The fourth-order valence-electron chi connectivity index (χ4n) is 2.10. The first-order valence-electron chi connectivity index (χ1n) is 6.99. The van der Waals surface area contributed by atoms with Crippen molar-refractivity contribution in [3.8, 4) is 0 Å². The number of halogens is 6. The zero-order chi connectivity index (χ0) is 21.2. The molecule has 0 fully saturated rings. The molecular formula is C12H14F6N4O5. The summed E-state index contributed by atoms with van der Waals surface area (Å²) < 4.78 is 78.0. The number of nitrogens with one attached hydrogen (secondary N) is 4. The van der Waals surface area contributed by atoms with Crippen molar-refractivity contribution in [2.75, 3.05) is 5.32 Å². The van der Waals surface area contributed by atoms with Crippen LogP contribution in [0.2, 0.25) is 0 Å². The molecule has 2 atom stereocenters. The SMILES string of the molecule is CCC(NC(=O)Nc1ccc([NH+]([O-])O)cc1[NH+]([O-])O)(C(F)(F)F)C(F)(F)F. The molecule has 0 saturated heterocycles. The van der Waals surface area contributed by atoms with E-state index < -0.39 is 57.9 Å². The lowest BCUT2D eigenvalue weighted by molar-refractivity contribution is -0.996. The Morgan fingerprint density at radius 3 is 1.96 bits per heavy atom. The van der Waals surface area contributed by atoms with Crippen LogP contribution in [0.1, 0.15) is 13.3 Å². The van der Waals surface area contributed by atoms with E-state index in [4.69, 9.17) is 10.4 Å². The van der Waals surface area contributed by atoms with Gasteiger partial charge in [0.1, 0.15) is 5.69 Å². The zero-order valence-electron chi connectivity index (χ0n) is 13.3. The Bertz CT molecular complexity index is 665. The highest BCUT2D eigenvalue weighted by molar-refractivity contribution is 5.92. The summed E-state index contributed by atoms with van der Waals surface area (Å²) in [6, 6.07) is 0.143. The van der Waals surface area contributed by atoms with Crippen LogP contribution in [0.3, 0.4) is 0 Å². The van der Waals surface area contributed by atoms with Crippen molar-refractivity contribution < 1.29 is 52.0 Å². The summed E-state index contributed by atoms with van der Waals surface area (Å²) in [4.78, 5) is 11.7. The quantitative estimate of drug-likeness (QED) is 0.318. The van der Waals surface area contributed by atoms with Crippen molar-refractivity contribution in [1.82, 2.24) is 5.32 Å². The van der Waals surface area contributed by atoms with Gasteiger partial charge in [-0.2, -0.15) is 36.8 Å². The Labute approximate surface area is 146 Å². The van der Waals surface area contributed by atoms with Crippen LogP contribution < -0.4 is 21.1 Å². The van der Waals surface area contributed by atoms with Gasteiger partial charge in [-0.05, 0) is 12.5 Å². The van der Waals surface area contributed by atoms with Crippen molar-refractivity contribution in [1.29, 1.82) is 0 Å². The first-order valence-corrected chi connectivity index (χ1v) is 6.99. The first kappa shape index (κ1) is 22.9. The number of rotatable bonds is 5. The highest BCUT2D eigenvalue weighted by atomic mass is 19.4. The van der Waals surface area contributed by atoms with E-state index in [0.717, 1.165) is 17.4 Å². The lowest BCUT2D eigenvalue weighted by Gasteiger charge is -2.37. The van der Waals surface area contributed by atoms with Gasteiger partial charge in [0.2, 0.25) is 5.54 Å². The van der Waals surface area contributed by atoms with Crippen LogP contribution in [0.15, 0.2) is 18.2 Å². The lowest BCUT2D eigenvalue weighted by Crippen LogP contribution is -3.00. The highest BCUT2D eigenvalue weighted by Gasteiger charge is 2.70. The number of urea groups is 1. The molecule has 0 aliphatic heterocycles. The predicted molar refractivity (Wildman–Crippen MR) is 75.3 cm³/mol. The van der Waals surface area contributed by atoms with Gasteiger partial charge in [0, 0.05) is 6.07 Å². The monoisotopic (exact) mass is 408 g/mol. The smallest absolute Gasteiger partial charge is 0.420 e. The number of anilines is 1. The van der Waals surface area contributed by atoms with Crippen LogP contribution >= 0.6 is 0 Å². The standard InChI is InChI=1S/C12H14F6N4O5/c1-2-10(11(13,14)15,12(16,17)18)20-9(23)19-7-4-3-6(21(24)25)5-8(7)22(26)27/h3-5,21-22,24,26H,2H2,1H3,(H2,19,20,23). The van der Waals surface area contributed by atoms with E-state index in [1.54, 1.807) is 5.32 Å². The molecule has 27 heavy (non-hydrogen) atoms. The third kappa shape index (κ3) is 4.76. The molecule has 0 aliphatic carbocycles. The second-order valence-corrected chi connectivity index (χ2v) is 5.20. The molecule has 0 spiro atoms. The summed E-state index contributed by atoms with van der Waals surface area (Å²) in [5.74, 6) is 0. The normalized spacial score (nSPS) is 15.2. The van der Waals surface area contributed by atoms with Crippen LogP contribution in [0.5, 0.6) is 0 Å². The van der Waals surface area contributed by atoms with Gasteiger partial charge < -0.3 is 21.0 Å². The van der Waals surface area contributed by atoms with Crippen molar-refractivity contribution in [2.45, 2.75) is 31.2 Å². The van der Waals surface area contributed by atoms with Crippen LogP contribution in [0, 0.1) is 10.4 Å². The molecule has 1 aromatic rings. The maximum Gasteiger partial charge on any atom is 0.420 e. The van der Waals surface area contributed by atoms with Crippen molar-refractivity contribution in [2.24, 2.45) is 0 Å². The van der Waals surface area contributed by atoms with E-state index in [2.05, 4.69) is 0 Å². The Morgan fingerprint density at radius 1 is 1.07 bits per heavy atom. The molecule has 15 heteroatoms. The average molecular weight is 408 g/mol. The molecule has 9 nitrogen and oxygen atoms in total. The Morgan fingerprint density at radius 2 is 1.59 bits per heavy atom. The van der Waals surface area contributed by atoms with Crippen molar-refractivity contribution in [3.05, 3.63) is 28.6 Å².